The molecule has 1 aromatic carbocycles. The van der Waals surface area contributed by atoms with Crippen LogP contribution >= 0.6 is 0 Å². The number of hydrogen-bond donors (Lipinski definition) is 2. The van der Waals surface area contributed by atoms with Crippen molar-refractivity contribution in [1.29, 1.82) is 0 Å². The highest BCUT2D eigenvalue weighted by molar-refractivity contribution is 6.05. The van der Waals surface area contributed by atoms with E-state index in [1.807, 2.05) is 0 Å². The number of amides is 3. The smallest absolute Gasteiger partial charge is 0.339 e. The zero-order valence-electron chi connectivity index (χ0n) is 14.7. The first-order chi connectivity index (χ1) is 13.0. The number of ether oxygens (including phenoxy) is 1. The van der Waals surface area contributed by atoms with Crippen LogP contribution in [-0.2, 0) is 9.53 Å². The van der Waals surface area contributed by atoms with Crippen molar-refractivity contribution in [3.05, 3.63) is 54.3 Å². The molecule has 8 heteroatoms. The van der Waals surface area contributed by atoms with Gasteiger partial charge in [0.05, 0.1) is 17.3 Å². The van der Waals surface area contributed by atoms with Gasteiger partial charge >= 0.3 is 12.0 Å². The SMILES string of the molecule is CNC(=O)NC(=O)[C@H](C)OC(=O)c1cc(-c2ccco2)nc2ccccc12. The second-order valence-electron chi connectivity index (χ2n) is 5.67. The van der Waals surface area contributed by atoms with Gasteiger partial charge in [0.2, 0.25) is 0 Å². The maximum atomic E-state index is 12.7. The van der Waals surface area contributed by atoms with Crippen LogP contribution in [0, 0.1) is 0 Å². The van der Waals surface area contributed by atoms with Gasteiger partial charge in [-0.3, -0.25) is 10.1 Å². The average molecular weight is 367 g/mol. The van der Waals surface area contributed by atoms with Gasteiger partial charge in [-0.1, -0.05) is 18.2 Å². The minimum Gasteiger partial charge on any atom is -0.463 e. The fourth-order valence-corrected chi connectivity index (χ4v) is 2.45. The van der Waals surface area contributed by atoms with E-state index in [1.165, 1.54) is 20.2 Å². The molecule has 0 aliphatic rings. The summed E-state index contributed by atoms with van der Waals surface area (Å²) in [6, 6.07) is 11.4. The van der Waals surface area contributed by atoms with Gasteiger partial charge in [-0.25, -0.2) is 14.6 Å². The normalized spacial score (nSPS) is 11.6. The monoisotopic (exact) mass is 367 g/mol. The van der Waals surface area contributed by atoms with Gasteiger partial charge in [0.15, 0.2) is 11.9 Å². The number of carbonyl (C=O) groups is 3. The van der Waals surface area contributed by atoms with Crippen LogP contribution in [0.5, 0.6) is 0 Å². The summed E-state index contributed by atoms with van der Waals surface area (Å²) in [5.41, 5.74) is 1.29. The first-order valence-electron chi connectivity index (χ1n) is 8.17. The van der Waals surface area contributed by atoms with Crippen LogP contribution in [0.25, 0.3) is 22.4 Å². The predicted octanol–water partition coefficient (Wildman–Crippen LogP) is 2.50. The number of furan rings is 1. The summed E-state index contributed by atoms with van der Waals surface area (Å²) in [7, 11) is 1.37. The number of benzene rings is 1. The Labute approximate surface area is 154 Å². The van der Waals surface area contributed by atoms with Gasteiger partial charge in [0.1, 0.15) is 5.69 Å². The van der Waals surface area contributed by atoms with Crippen LogP contribution in [0.15, 0.2) is 53.1 Å². The van der Waals surface area contributed by atoms with Crippen molar-refractivity contribution in [2.24, 2.45) is 0 Å². The molecule has 0 saturated carbocycles. The van der Waals surface area contributed by atoms with Gasteiger partial charge < -0.3 is 14.5 Å². The van der Waals surface area contributed by atoms with E-state index in [0.717, 1.165) is 0 Å². The number of nitrogens with zero attached hydrogens (tertiary/aromatic N) is 1. The van der Waals surface area contributed by atoms with Crippen LogP contribution < -0.4 is 10.6 Å². The molecule has 2 aromatic heterocycles. The second kappa shape index (κ2) is 7.69. The lowest BCUT2D eigenvalue weighted by molar-refractivity contribution is -0.127. The molecule has 1 atom stereocenters. The van der Waals surface area contributed by atoms with Crippen molar-refractivity contribution in [3.8, 4) is 11.5 Å². The number of esters is 1. The molecule has 8 nitrogen and oxygen atoms in total. The molecule has 2 heterocycles. The van der Waals surface area contributed by atoms with Crippen LogP contribution in [0.2, 0.25) is 0 Å². The van der Waals surface area contributed by atoms with Crippen LogP contribution in [0.4, 0.5) is 4.79 Å². The molecular formula is C19H17N3O5. The third-order valence-corrected chi connectivity index (χ3v) is 3.83. The maximum Gasteiger partial charge on any atom is 0.339 e. The van der Waals surface area contributed by atoms with Crippen molar-refractivity contribution in [3.63, 3.8) is 0 Å². The number of urea groups is 1. The molecule has 0 aliphatic carbocycles. The lowest BCUT2D eigenvalue weighted by Crippen LogP contribution is -2.43. The molecule has 27 heavy (non-hydrogen) atoms. The number of aromatic nitrogens is 1. The molecule has 3 rings (SSSR count). The van der Waals surface area contributed by atoms with Gasteiger partial charge in [-0.2, -0.15) is 0 Å². The van der Waals surface area contributed by atoms with Crippen molar-refractivity contribution >= 4 is 28.8 Å². The van der Waals surface area contributed by atoms with Crippen LogP contribution in [0.1, 0.15) is 17.3 Å². The summed E-state index contributed by atoms with van der Waals surface area (Å²) in [5, 5.41) is 4.90. The first-order valence-corrected chi connectivity index (χ1v) is 8.17. The van der Waals surface area contributed by atoms with Crippen LogP contribution in [-0.4, -0.2) is 36.0 Å². The highest BCUT2D eigenvalue weighted by Gasteiger charge is 2.23. The Bertz CT molecular complexity index is 998. The van der Waals surface area contributed by atoms with Gasteiger partial charge in [0, 0.05) is 12.4 Å². The zero-order chi connectivity index (χ0) is 19.4. The van der Waals surface area contributed by atoms with Gasteiger partial charge in [0.25, 0.3) is 5.91 Å². The minimum absolute atomic E-state index is 0.242. The highest BCUT2D eigenvalue weighted by atomic mass is 16.5. The molecule has 0 radical (unpaired) electrons. The largest absolute Gasteiger partial charge is 0.463 e. The molecule has 0 fully saturated rings. The van der Waals surface area contributed by atoms with Crippen molar-refractivity contribution in [2.75, 3.05) is 7.05 Å². The topological polar surface area (TPSA) is 111 Å². The average Bonchev–Trinajstić information content (AvgIpc) is 3.21. The van der Waals surface area contributed by atoms with E-state index in [2.05, 4.69) is 15.6 Å². The number of nitrogens with one attached hydrogen (secondary N) is 2. The Balaban J connectivity index is 1.91. The van der Waals surface area contributed by atoms with Crippen molar-refractivity contribution < 1.29 is 23.5 Å². The zero-order valence-corrected chi connectivity index (χ0v) is 14.7. The maximum absolute atomic E-state index is 12.7. The van der Waals surface area contributed by atoms with Gasteiger partial charge in [-0.15, -0.1) is 0 Å². The highest BCUT2D eigenvalue weighted by Crippen LogP contribution is 2.26. The van der Waals surface area contributed by atoms with E-state index in [9.17, 15) is 14.4 Å². The van der Waals surface area contributed by atoms with E-state index < -0.39 is 24.0 Å². The summed E-state index contributed by atoms with van der Waals surface area (Å²) >= 11 is 0. The van der Waals surface area contributed by atoms with Crippen LogP contribution in [0.3, 0.4) is 0 Å². The number of rotatable bonds is 4. The molecule has 3 aromatic rings. The van der Waals surface area contributed by atoms with Crippen molar-refractivity contribution in [1.82, 2.24) is 15.6 Å². The molecule has 0 bridgehead atoms. The van der Waals surface area contributed by atoms with E-state index in [0.29, 0.717) is 22.4 Å². The lowest BCUT2D eigenvalue weighted by Gasteiger charge is -2.14. The Morgan fingerprint density at radius 2 is 1.93 bits per heavy atom. The molecule has 2 N–H and O–H groups in total. The fraction of sp³-hybridized carbons (Fsp3) is 0.158. The number of imide groups is 1. The number of pyridine rings is 1. The summed E-state index contributed by atoms with van der Waals surface area (Å²) in [6.45, 7) is 1.38. The Kier molecular flexibility index (Phi) is 5.16. The standard InChI is InChI=1S/C19H17N3O5/c1-11(17(23)22-19(25)20-2)27-18(24)13-10-15(16-8-5-9-26-16)21-14-7-4-3-6-12(13)14/h3-11H,1-2H3,(H2,20,22,23,25)/t11-/m0/s1. The molecule has 0 spiro atoms. The van der Waals surface area contributed by atoms with E-state index >= 15 is 0 Å². The number of hydrogen-bond acceptors (Lipinski definition) is 6. The second-order valence-corrected chi connectivity index (χ2v) is 5.67. The Hall–Kier alpha value is -3.68. The van der Waals surface area contributed by atoms with E-state index in [-0.39, 0.29) is 5.56 Å². The molecule has 138 valence electrons. The third kappa shape index (κ3) is 3.95. The Morgan fingerprint density at radius 3 is 2.63 bits per heavy atom. The van der Waals surface area contributed by atoms with E-state index in [1.54, 1.807) is 42.5 Å². The lowest BCUT2D eigenvalue weighted by atomic mass is 10.1. The summed E-state index contributed by atoms with van der Waals surface area (Å²) in [5.74, 6) is -0.937. The summed E-state index contributed by atoms with van der Waals surface area (Å²) in [4.78, 5) is 40.3. The number of carbonyl (C=O) groups excluding carboxylic acids is 3. The minimum atomic E-state index is -1.16. The van der Waals surface area contributed by atoms with Gasteiger partial charge in [-0.05, 0) is 31.2 Å². The van der Waals surface area contributed by atoms with Crippen molar-refractivity contribution in [2.45, 2.75) is 13.0 Å². The molecule has 0 saturated heterocycles. The Morgan fingerprint density at radius 1 is 1.15 bits per heavy atom. The molecule has 0 aliphatic heterocycles. The summed E-state index contributed by atoms with van der Waals surface area (Å²) in [6.07, 6.45) is 0.351. The molecule has 3 amide bonds. The summed E-state index contributed by atoms with van der Waals surface area (Å²) < 4.78 is 10.6. The predicted molar refractivity (Wildman–Crippen MR) is 96.9 cm³/mol. The molecule has 0 unspecified atom stereocenters. The third-order valence-electron chi connectivity index (χ3n) is 3.83. The molecular weight excluding hydrogens is 350 g/mol. The number of fused-ring (bicyclic) bond motifs is 1. The number of para-hydroxylation sites is 1. The fourth-order valence-electron chi connectivity index (χ4n) is 2.45. The van der Waals surface area contributed by atoms with E-state index in [4.69, 9.17) is 9.15 Å². The quantitative estimate of drug-likeness (QED) is 0.686. The first kappa shape index (κ1) is 18.1.